The van der Waals surface area contributed by atoms with Gasteiger partial charge in [-0.25, -0.2) is 18.6 Å². The van der Waals surface area contributed by atoms with Crippen LogP contribution in [0.5, 0.6) is 0 Å². The molecule has 0 radical (unpaired) electrons. The number of amides is 1. The first kappa shape index (κ1) is 19.9. The van der Waals surface area contributed by atoms with Crippen molar-refractivity contribution in [3.8, 4) is 0 Å². The molecule has 5 aromatic heterocycles. The Kier molecular flexibility index (Phi) is 4.61. The molecule has 166 valence electrons. The van der Waals surface area contributed by atoms with Crippen molar-refractivity contribution in [2.24, 2.45) is 0 Å². The van der Waals surface area contributed by atoms with Gasteiger partial charge < -0.3 is 9.72 Å². The second-order valence-electron chi connectivity index (χ2n) is 8.15. The van der Waals surface area contributed by atoms with Crippen molar-refractivity contribution in [1.29, 1.82) is 0 Å². The van der Waals surface area contributed by atoms with Gasteiger partial charge in [0.15, 0.2) is 11.5 Å². The lowest BCUT2D eigenvalue weighted by molar-refractivity contribution is 0.0945. The maximum Gasteiger partial charge on any atom is 0.273 e. The highest BCUT2D eigenvalue weighted by Crippen LogP contribution is 2.40. The van der Waals surface area contributed by atoms with Crippen molar-refractivity contribution in [2.45, 2.75) is 31.8 Å². The fourth-order valence-corrected chi connectivity index (χ4v) is 4.07. The van der Waals surface area contributed by atoms with E-state index in [9.17, 15) is 9.18 Å². The van der Waals surface area contributed by atoms with E-state index in [0.717, 1.165) is 11.2 Å². The summed E-state index contributed by atoms with van der Waals surface area (Å²) in [6, 6.07) is 7.74. The average Bonchev–Trinajstić information content (AvgIpc) is 3.23. The van der Waals surface area contributed by atoms with E-state index in [4.69, 9.17) is 11.6 Å². The van der Waals surface area contributed by atoms with E-state index in [0.29, 0.717) is 18.2 Å². The van der Waals surface area contributed by atoms with E-state index in [2.05, 4.69) is 37.8 Å². The molecule has 9 nitrogen and oxygen atoms in total. The topological polar surface area (TPSA) is 94.4 Å². The Labute approximate surface area is 191 Å². The van der Waals surface area contributed by atoms with Crippen LogP contribution in [0.15, 0.2) is 49.2 Å². The van der Waals surface area contributed by atoms with Crippen molar-refractivity contribution >= 4 is 28.5 Å². The molecule has 0 saturated heterocycles. The van der Waals surface area contributed by atoms with Crippen LogP contribution in [0.4, 0.5) is 4.39 Å². The molecule has 1 aliphatic rings. The number of hydrogen-bond donors (Lipinski definition) is 1. The predicted octanol–water partition coefficient (Wildman–Crippen LogP) is 3.22. The number of fused-ring (bicyclic) bond motifs is 2. The summed E-state index contributed by atoms with van der Waals surface area (Å²) in [7, 11) is 0. The molecule has 33 heavy (non-hydrogen) atoms. The molecule has 0 aliphatic heterocycles. The summed E-state index contributed by atoms with van der Waals surface area (Å²) in [6.45, 7) is 0.408. The highest BCUT2D eigenvalue weighted by molar-refractivity contribution is 6.31. The molecule has 0 bridgehead atoms. The number of imidazole rings is 1. The maximum absolute atomic E-state index is 14.4. The third-order valence-electron chi connectivity index (χ3n) is 5.77. The Morgan fingerprint density at radius 2 is 2.12 bits per heavy atom. The lowest BCUT2D eigenvalue weighted by atomic mass is 10.1. The van der Waals surface area contributed by atoms with Crippen LogP contribution >= 0.6 is 11.6 Å². The molecule has 5 aromatic rings. The Morgan fingerprint density at radius 1 is 1.24 bits per heavy atom. The highest BCUT2D eigenvalue weighted by atomic mass is 35.5. The third-order valence-corrected chi connectivity index (χ3v) is 6.06. The van der Waals surface area contributed by atoms with Crippen molar-refractivity contribution in [3.05, 3.63) is 82.7 Å². The van der Waals surface area contributed by atoms with Crippen LogP contribution in [0.2, 0.25) is 5.02 Å². The van der Waals surface area contributed by atoms with E-state index in [1.807, 2.05) is 16.8 Å². The molecule has 0 spiro atoms. The Morgan fingerprint density at radius 3 is 2.97 bits per heavy atom. The fourth-order valence-electron chi connectivity index (χ4n) is 3.93. The summed E-state index contributed by atoms with van der Waals surface area (Å²) in [5, 5.41) is 15.3. The molecule has 0 unspecified atom stereocenters. The lowest BCUT2D eigenvalue weighted by Gasteiger charge is -2.03. The molecule has 11 heteroatoms. The van der Waals surface area contributed by atoms with Gasteiger partial charge in [0.05, 0.1) is 47.5 Å². The largest absolute Gasteiger partial charge is 0.345 e. The quantitative estimate of drug-likeness (QED) is 0.416. The van der Waals surface area contributed by atoms with Crippen LogP contribution in [-0.2, 0) is 13.1 Å². The number of carbonyl (C=O) groups is 1. The van der Waals surface area contributed by atoms with Crippen molar-refractivity contribution in [1.82, 2.24) is 39.3 Å². The molecule has 6 rings (SSSR count). The molecular weight excluding hydrogens is 447 g/mol. The van der Waals surface area contributed by atoms with Crippen molar-refractivity contribution in [3.63, 3.8) is 0 Å². The molecule has 1 fully saturated rings. The number of halogens is 2. The summed E-state index contributed by atoms with van der Waals surface area (Å²) < 4.78 is 19.3. The Hall–Kier alpha value is -3.79. The van der Waals surface area contributed by atoms with Gasteiger partial charge in [-0.3, -0.25) is 4.79 Å². The van der Waals surface area contributed by atoms with E-state index in [1.54, 1.807) is 17.1 Å². The van der Waals surface area contributed by atoms with Crippen molar-refractivity contribution < 1.29 is 9.18 Å². The minimum atomic E-state index is -0.580. The number of rotatable bonds is 6. The second-order valence-corrected chi connectivity index (χ2v) is 8.56. The molecule has 0 atom stereocenters. The Bertz CT molecular complexity index is 1520. The molecule has 1 aliphatic carbocycles. The monoisotopic (exact) mass is 464 g/mol. The van der Waals surface area contributed by atoms with Gasteiger partial charge in [0.25, 0.3) is 5.91 Å². The standard InChI is InChI=1S/C22H18ClFN8O/c23-17-4-5-30-12-26-18(21(30)20(17)24)9-25-22(33)19-11-31(29-27-19)10-15-8-16-7-14(13-1-2-13)3-6-32(16)28-15/h3-8,11-13H,1-2,9-10H2,(H,25,33). The van der Waals surface area contributed by atoms with Crippen LogP contribution < -0.4 is 5.32 Å². The molecule has 1 saturated carbocycles. The first-order valence-corrected chi connectivity index (χ1v) is 10.9. The van der Waals surface area contributed by atoms with Gasteiger partial charge in [-0.1, -0.05) is 16.8 Å². The zero-order valence-electron chi connectivity index (χ0n) is 17.3. The van der Waals surface area contributed by atoms with E-state index < -0.39 is 11.7 Å². The van der Waals surface area contributed by atoms with Gasteiger partial charge in [-0.05, 0) is 48.6 Å². The summed E-state index contributed by atoms with van der Waals surface area (Å²) in [6.07, 6.45) is 9.10. The van der Waals surface area contributed by atoms with Crippen LogP contribution in [0.25, 0.3) is 11.0 Å². The number of nitrogens with zero attached hydrogens (tertiary/aromatic N) is 7. The van der Waals surface area contributed by atoms with E-state index in [-0.39, 0.29) is 22.8 Å². The number of carbonyl (C=O) groups excluding carboxylic acids is 1. The predicted molar refractivity (Wildman–Crippen MR) is 118 cm³/mol. The first-order chi connectivity index (χ1) is 16.0. The summed E-state index contributed by atoms with van der Waals surface area (Å²) in [4.78, 5) is 16.7. The molecule has 1 N–H and O–H groups in total. The van der Waals surface area contributed by atoms with Crippen LogP contribution in [-0.4, -0.2) is 39.9 Å². The van der Waals surface area contributed by atoms with Crippen LogP contribution in [0.3, 0.4) is 0 Å². The van der Waals surface area contributed by atoms with Crippen LogP contribution in [0, 0.1) is 5.82 Å². The van der Waals surface area contributed by atoms with Crippen LogP contribution in [0.1, 0.15) is 46.2 Å². The van der Waals surface area contributed by atoms with Gasteiger partial charge >= 0.3 is 0 Å². The van der Waals surface area contributed by atoms with Gasteiger partial charge in [-0.15, -0.1) is 5.10 Å². The van der Waals surface area contributed by atoms with E-state index >= 15 is 0 Å². The minimum Gasteiger partial charge on any atom is -0.345 e. The van der Waals surface area contributed by atoms with Crippen molar-refractivity contribution in [2.75, 3.05) is 0 Å². The minimum absolute atomic E-state index is 0.00534. The molecule has 0 aromatic carbocycles. The molecule has 1 amide bonds. The molecular formula is C22H18ClFN8O. The van der Waals surface area contributed by atoms with E-state index in [1.165, 1.54) is 35.2 Å². The first-order valence-electron chi connectivity index (χ1n) is 10.5. The SMILES string of the molecule is O=C(NCc1ncn2ccc(Cl)c(F)c12)c1cn(Cc2cc3cc(C4CC4)ccn3n2)nn1. The van der Waals surface area contributed by atoms with Gasteiger partial charge in [0.2, 0.25) is 0 Å². The smallest absolute Gasteiger partial charge is 0.273 e. The highest BCUT2D eigenvalue weighted by Gasteiger charge is 2.23. The number of pyridine rings is 2. The normalized spacial score (nSPS) is 13.8. The summed E-state index contributed by atoms with van der Waals surface area (Å²) in [5.74, 6) is -0.337. The fraction of sp³-hybridized carbons (Fsp3) is 0.227. The summed E-state index contributed by atoms with van der Waals surface area (Å²) >= 11 is 5.86. The zero-order valence-corrected chi connectivity index (χ0v) is 18.1. The number of aromatic nitrogens is 7. The molecule has 5 heterocycles. The average molecular weight is 465 g/mol. The lowest BCUT2D eigenvalue weighted by Crippen LogP contribution is -2.23. The van der Waals surface area contributed by atoms with Gasteiger partial charge in [0, 0.05) is 12.4 Å². The maximum atomic E-state index is 14.4. The van der Waals surface area contributed by atoms with Gasteiger partial charge in [-0.2, -0.15) is 5.10 Å². The number of hydrogen-bond acceptors (Lipinski definition) is 5. The zero-order chi connectivity index (χ0) is 22.5. The second kappa shape index (κ2) is 7.66. The van der Waals surface area contributed by atoms with Gasteiger partial charge in [0.1, 0.15) is 5.52 Å². The third kappa shape index (κ3) is 3.72. The Balaban J connectivity index is 1.14. The number of nitrogens with one attached hydrogen (secondary N) is 1. The summed E-state index contributed by atoms with van der Waals surface area (Å²) in [5.41, 5.74) is 3.94.